The van der Waals surface area contributed by atoms with Crippen LogP contribution in [0.25, 0.3) is 0 Å². The highest BCUT2D eigenvalue weighted by molar-refractivity contribution is 9.10. The Kier molecular flexibility index (Phi) is 6.05. The second kappa shape index (κ2) is 7.06. The summed E-state index contributed by atoms with van der Waals surface area (Å²) in [5.41, 5.74) is 3.12. The molecule has 94 valence electrons. The predicted octanol–water partition coefficient (Wildman–Crippen LogP) is 3.40. The standard InChI is InChI=1S/C10H13BrCl2N4/c1-2-5-15-10(17-14)16-7-4-3-6(11)8(12)9(7)13/h3-4H,2,5,14H2,1H3,(H2,15,16,17). The summed E-state index contributed by atoms with van der Waals surface area (Å²) in [6.45, 7) is 2.70. The molecular weight excluding hydrogens is 327 g/mol. The van der Waals surface area contributed by atoms with Gasteiger partial charge in [-0.1, -0.05) is 30.1 Å². The van der Waals surface area contributed by atoms with Gasteiger partial charge in [0.2, 0.25) is 5.96 Å². The molecule has 1 rings (SSSR count). The Morgan fingerprint density at radius 2 is 2.12 bits per heavy atom. The van der Waals surface area contributed by atoms with Crippen molar-refractivity contribution in [3.8, 4) is 0 Å². The average Bonchev–Trinajstić information content (AvgIpc) is 2.34. The van der Waals surface area contributed by atoms with Crippen LogP contribution in [0.4, 0.5) is 5.69 Å². The lowest BCUT2D eigenvalue weighted by Gasteiger charge is -2.12. The first kappa shape index (κ1) is 14.6. The highest BCUT2D eigenvalue weighted by atomic mass is 79.9. The summed E-state index contributed by atoms with van der Waals surface area (Å²) in [5.74, 6) is 5.80. The van der Waals surface area contributed by atoms with Gasteiger partial charge in [-0.2, -0.15) is 0 Å². The molecule has 0 atom stereocenters. The third-order valence-electron chi connectivity index (χ3n) is 1.92. The third kappa shape index (κ3) is 4.03. The van der Waals surface area contributed by atoms with Gasteiger partial charge in [0.25, 0.3) is 0 Å². The molecule has 4 nitrogen and oxygen atoms in total. The summed E-state index contributed by atoms with van der Waals surface area (Å²) in [6.07, 6.45) is 0.932. The van der Waals surface area contributed by atoms with E-state index in [1.54, 1.807) is 12.1 Å². The number of benzene rings is 1. The molecule has 0 bridgehead atoms. The number of nitrogens with one attached hydrogen (secondary N) is 2. The fourth-order valence-corrected chi connectivity index (χ4v) is 1.92. The first-order valence-corrected chi connectivity index (χ1v) is 6.56. The van der Waals surface area contributed by atoms with Gasteiger partial charge in [0.1, 0.15) is 0 Å². The van der Waals surface area contributed by atoms with Crippen LogP contribution in [-0.2, 0) is 0 Å². The second-order valence-electron chi connectivity index (χ2n) is 3.22. The predicted molar refractivity (Wildman–Crippen MR) is 77.7 cm³/mol. The number of hydrogen-bond acceptors (Lipinski definition) is 2. The SMILES string of the molecule is CCCN=C(NN)Nc1ccc(Br)c(Cl)c1Cl. The van der Waals surface area contributed by atoms with Crippen molar-refractivity contribution in [2.45, 2.75) is 13.3 Å². The van der Waals surface area contributed by atoms with Crippen LogP contribution in [0.3, 0.4) is 0 Å². The fraction of sp³-hybridized carbons (Fsp3) is 0.300. The minimum Gasteiger partial charge on any atom is -0.324 e. The van der Waals surface area contributed by atoms with Gasteiger partial charge in [-0.25, -0.2) is 5.84 Å². The van der Waals surface area contributed by atoms with Gasteiger partial charge in [0, 0.05) is 11.0 Å². The van der Waals surface area contributed by atoms with E-state index in [1.807, 2.05) is 6.92 Å². The highest BCUT2D eigenvalue weighted by Crippen LogP contribution is 2.35. The summed E-state index contributed by atoms with van der Waals surface area (Å²) >= 11 is 15.4. The van der Waals surface area contributed by atoms with Crippen LogP contribution in [0.2, 0.25) is 10.0 Å². The maximum Gasteiger partial charge on any atom is 0.210 e. The smallest absolute Gasteiger partial charge is 0.210 e. The van der Waals surface area contributed by atoms with Crippen molar-refractivity contribution in [2.75, 3.05) is 11.9 Å². The number of guanidine groups is 1. The second-order valence-corrected chi connectivity index (χ2v) is 4.83. The number of aliphatic imine (C=N–C) groups is 1. The van der Waals surface area contributed by atoms with Gasteiger partial charge in [-0.05, 0) is 34.5 Å². The Morgan fingerprint density at radius 1 is 1.41 bits per heavy atom. The van der Waals surface area contributed by atoms with Gasteiger partial charge in [-0.3, -0.25) is 10.4 Å². The molecule has 0 spiro atoms. The van der Waals surface area contributed by atoms with Crippen LogP contribution in [-0.4, -0.2) is 12.5 Å². The van der Waals surface area contributed by atoms with Gasteiger partial charge in [-0.15, -0.1) is 0 Å². The lowest BCUT2D eigenvalue weighted by molar-refractivity contribution is 0.905. The maximum atomic E-state index is 6.09. The molecule has 0 radical (unpaired) electrons. The van der Waals surface area contributed by atoms with Crippen LogP contribution >= 0.6 is 39.1 Å². The number of halogens is 3. The Labute approximate surface area is 119 Å². The largest absolute Gasteiger partial charge is 0.324 e. The molecular formula is C10H13BrCl2N4. The molecule has 1 aromatic carbocycles. The van der Waals surface area contributed by atoms with Crippen molar-refractivity contribution in [3.63, 3.8) is 0 Å². The van der Waals surface area contributed by atoms with E-state index >= 15 is 0 Å². The zero-order valence-electron chi connectivity index (χ0n) is 9.23. The zero-order chi connectivity index (χ0) is 12.8. The van der Waals surface area contributed by atoms with E-state index in [2.05, 4.69) is 31.7 Å². The first-order chi connectivity index (χ1) is 8.10. The Morgan fingerprint density at radius 3 is 2.71 bits per heavy atom. The maximum absolute atomic E-state index is 6.09. The van der Waals surface area contributed by atoms with Crippen molar-refractivity contribution >= 4 is 50.8 Å². The fourth-order valence-electron chi connectivity index (χ4n) is 1.09. The van der Waals surface area contributed by atoms with Crippen LogP contribution in [0.15, 0.2) is 21.6 Å². The molecule has 0 amide bonds. The summed E-state index contributed by atoms with van der Waals surface area (Å²) < 4.78 is 0.738. The molecule has 0 saturated heterocycles. The molecule has 0 unspecified atom stereocenters. The van der Waals surface area contributed by atoms with Gasteiger partial charge >= 0.3 is 0 Å². The molecule has 1 aromatic rings. The van der Waals surface area contributed by atoms with E-state index in [1.165, 1.54) is 0 Å². The molecule has 0 aliphatic rings. The van der Waals surface area contributed by atoms with Gasteiger partial charge < -0.3 is 5.32 Å². The van der Waals surface area contributed by atoms with Crippen molar-refractivity contribution in [1.29, 1.82) is 0 Å². The summed E-state index contributed by atoms with van der Waals surface area (Å²) in [6, 6.07) is 3.58. The quantitative estimate of drug-likeness (QED) is 0.260. The van der Waals surface area contributed by atoms with E-state index in [4.69, 9.17) is 29.0 Å². The zero-order valence-corrected chi connectivity index (χ0v) is 12.3. The molecule has 0 heterocycles. The topological polar surface area (TPSA) is 62.4 Å². The molecule has 0 aromatic heterocycles. The molecule has 0 fully saturated rings. The Balaban J connectivity index is 2.91. The number of nitrogens with zero attached hydrogens (tertiary/aromatic N) is 1. The molecule has 0 aliphatic carbocycles. The van der Waals surface area contributed by atoms with Crippen LogP contribution < -0.4 is 16.6 Å². The number of anilines is 1. The number of nitrogens with two attached hydrogens (primary N) is 1. The van der Waals surface area contributed by atoms with E-state index in [0.29, 0.717) is 28.2 Å². The van der Waals surface area contributed by atoms with Gasteiger partial charge in [0.15, 0.2) is 0 Å². The molecule has 4 N–H and O–H groups in total. The van der Waals surface area contributed by atoms with Crippen LogP contribution in [0.5, 0.6) is 0 Å². The van der Waals surface area contributed by atoms with E-state index < -0.39 is 0 Å². The normalized spacial score (nSPS) is 11.5. The van der Waals surface area contributed by atoms with Crippen molar-refractivity contribution in [3.05, 3.63) is 26.7 Å². The van der Waals surface area contributed by atoms with Crippen molar-refractivity contribution in [1.82, 2.24) is 5.43 Å². The monoisotopic (exact) mass is 338 g/mol. The minimum atomic E-state index is 0.417. The summed E-state index contributed by atoms with van der Waals surface area (Å²) in [4.78, 5) is 4.21. The first-order valence-electron chi connectivity index (χ1n) is 5.01. The molecule has 0 aliphatic heterocycles. The number of rotatable bonds is 3. The molecule has 17 heavy (non-hydrogen) atoms. The molecule has 7 heteroatoms. The Bertz CT molecular complexity index is 423. The number of hydrogen-bond donors (Lipinski definition) is 3. The number of hydrazine groups is 1. The molecule has 0 saturated carbocycles. The van der Waals surface area contributed by atoms with E-state index in [0.717, 1.165) is 10.9 Å². The van der Waals surface area contributed by atoms with Crippen LogP contribution in [0, 0.1) is 0 Å². The third-order valence-corrected chi connectivity index (χ3v) is 3.69. The lowest BCUT2D eigenvalue weighted by atomic mass is 10.3. The Hall–Kier alpha value is -0.490. The minimum absolute atomic E-state index is 0.417. The van der Waals surface area contributed by atoms with E-state index in [9.17, 15) is 0 Å². The van der Waals surface area contributed by atoms with E-state index in [-0.39, 0.29) is 0 Å². The van der Waals surface area contributed by atoms with Crippen molar-refractivity contribution in [2.24, 2.45) is 10.8 Å². The summed E-state index contributed by atoms with van der Waals surface area (Å²) in [7, 11) is 0. The van der Waals surface area contributed by atoms with Gasteiger partial charge in [0.05, 0.1) is 15.7 Å². The lowest BCUT2D eigenvalue weighted by Crippen LogP contribution is -2.36. The average molecular weight is 340 g/mol. The van der Waals surface area contributed by atoms with Crippen molar-refractivity contribution < 1.29 is 0 Å². The summed E-state index contributed by atoms with van der Waals surface area (Å²) in [5, 5.41) is 3.84. The van der Waals surface area contributed by atoms with Crippen LogP contribution in [0.1, 0.15) is 13.3 Å². The highest BCUT2D eigenvalue weighted by Gasteiger charge is 2.09.